The van der Waals surface area contributed by atoms with Crippen molar-refractivity contribution >= 4 is 11.8 Å². The van der Waals surface area contributed by atoms with Crippen LogP contribution in [0.15, 0.2) is 48.8 Å². The monoisotopic (exact) mass is 369 g/mol. The van der Waals surface area contributed by atoms with Crippen LogP contribution in [-0.2, 0) is 11.3 Å². The maximum Gasteiger partial charge on any atom is 0.254 e. The zero-order valence-corrected chi connectivity index (χ0v) is 15.6. The molecule has 2 amide bonds. The van der Waals surface area contributed by atoms with E-state index in [1.165, 1.54) is 12.1 Å². The minimum Gasteiger partial charge on any atom is -0.336 e. The lowest BCUT2D eigenvalue weighted by atomic mass is 10.0. The molecule has 0 spiro atoms. The maximum atomic E-state index is 13.2. The molecule has 27 heavy (non-hydrogen) atoms. The van der Waals surface area contributed by atoms with Gasteiger partial charge in [-0.25, -0.2) is 4.39 Å². The fourth-order valence-electron chi connectivity index (χ4n) is 3.40. The van der Waals surface area contributed by atoms with Gasteiger partial charge in [-0.15, -0.1) is 0 Å². The minimum absolute atomic E-state index is 0.0167. The lowest BCUT2D eigenvalue weighted by molar-refractivity contribution is -0.134. The highest BCUT2D eigenvalue weighted by molar-refractivity contribution is 5.94. The van der Waals surface area contributed by atoms with Crippen LogP contribution in [0.1, 0.15) is 36.2 Å². The van der Waals surface area contributed by atoms with Crippen molar-refractivity contribution in [2.24, 2.45) is 5.92 Å². The molecule has 0 radical (unpaired) electrons. The fourth-order valence-corrected chi connectivity index (χ4v) is 3.40. The van der Waals surface area contributed by atoms with Crippen LogP contribution in [0.2, 0.25) is 0 Å². The first-order valence-electron chi connectivity index (χ1n) is 9.19. The zero-order valence-electron chi connectivity index (χ0n) is 15.6. The molecule has 0 N–H and O–H groups in total. The summed E-state index contributed by atoms with van der Waals surface area (Å²) in [7, 11) is 0. The Bertz CT molecular complexity index is 793. The number of nitrogens with zero attached hydrogens (tertiary/aromatic N) is 3. The summed E-state index contributed by atoms with van der Waals surface area (Å²) in [5.41, 5.74) is 1.45. The van der Waals surface area contributed by atoms with Gasteiger partial charge in [-0.1, -0.05) is 26.0 Å². The SMILES string of the molecule is CC(C)[C@@H]1CN(C(=O)c2ccncc2)CCC(=O)N1Cc1ccc(F)cc1. The van der Waals surface area contributed by atoms with Crippen LogP contribution in [0.4, 0.5) is 4.39 Å². The Hall–Kier alpha value is -2.76. The number of hydrogen-bond acceptors (Lipinski definition) is 3. The smallest absolute Gasteiger partial charge is 0.254 e. The first kappa shape index (κ1) is 19.0. The molecular weight excluding hydrogens is 345 g/mol. The molecule has 1 saturated heterocycles. The number of benzene rings is 1. The molecule has 2 heterocycles. The molecule has 1 fully saturated rings. The number of aromatic nitrogens is 1. The van der Waals surface area contributed by atoms with Crippen LogP contribution < -0.4 is 0 Å². The van der Waals surface area contributed by atoms with Crippen molar-refractivity contribution in [3.05, 3.63) is 65.7 Å². The third-order valence-corrected chi connectivity index (χ3v) is 4.97. The van der Waals surface area contributed by atoms with E-state index in [9.17, 15) is 14.0 Å². The molecule has 2 aromatic rings. The maximum absolute atomic E-state index is 13.2. The van der Waals surface area contributed by atoms with E-state index >= 15 is 0 Å². The van der Waals surface area contributed by atoms with Crippen molar-refractivity contribution in [3.63, 3.8) is 0 Å². The van der Waals surface area contributed by atoms with E-state index in [-0.39, 0.29) is 36.0 Å². The van der Waals surface area contributed by atoms with Crippen LogP contribution in [0.25, 0.3) is 0 Å². The first-order valence-corrected chi connectivity index (χ1v) is 9.19. The predicted octanol–water partition coefficient (Wildman–Crippen LogP) is 3.12. The molecule has 0 saturated carbocycles. The molecule has 0 unspecified atom stereocenters. The van der Waals surface area contributed by atoms with Crippen molar-refractivity contribution < 1.29 is 14.0 Å². The van der Waals surface area contributed by atoms with E-state index in [4.69, 9.17) is 0 Å². The highest BCUT2D eigenvalue weighted by Gasteiger charge is 2.33. The number of carbonyl (C=O) groups is 2. The first-order chi connectivity index (χ1) is 13.0. The second-order valence-corrected chi connectivity index (χ2v) is 7.20. The summed E-state index contributed by atoms with van der Waals surface area (Å²) in [6.07, 6.45) is 3.47. The third kappa shape index (κ3) is 4.51. The Labute approximate surface area is 158 Å². The summed E-state index contributed by atoms with van der Waals surface area (Å²) in [6.45, 7) is 5.39. The number of pyridine rings is 1. The molecule has 6 heteroatoms. The second-order valence-electron chi connectivity index (χ2n) is 7.20. The molecule has 3 rings (SSSR count). The van der Waals surface area contributed by atoms with Gasteiger partial charge in [0, 0.05) is 44.0 Å². The summed E-state index contributed by atoms with van der Waals surface area (Å²) < 4.78 is 13.2. The summed E-state index contributed by atoms with van der Waals surface area (Å²) in [6, 6.07) is 9.49. The zero-order chi connectivity index (χ0) is 19.4. The quantitative estimate of drug-likeness (QED) is 0.832. The van der Waals surface area contributed by atoms with E-state index in [0.29, 0.717) is 25.2 Å². The Balaban J connectivity index is 1.82. The summed E-state index contributed by atoms with van der Waals surface area (Å²) in [5.74, 6) is -0.182. The second kappa shape index (κ2) is 8.29. The lowest BCUT2D eigenvalue weighted by Gasteiger charge is -2.34. The van der Waals surface area contributed by atoms with Crippen LogP contribution >= 0.6 is 0 Å². The van der Waals surface area contributed by atoms with Crippen molar-refractivity contribution in [1.82, 2.24) is 14.8 Å². The Kier molecular flexibility index (Phi) is 5.84. The number of amides is 2. The van der Waals surface area contributed by atoms with Crippen molar-refractivity contribution in [3.8, 4) is 0 Å². The number of hydrogen-bond donors (Lipinski definition) is 0. The molecule has 0 aliphatic carbocycles. The van der Waals surface area contributed by atoms with Gasteiger partial charge in [0.25, 0.3) is 5.91 Å². The molecule has 1 atom stereocenters. The number of carbonyl (C=O) groups excluding carboxylic acids is 2. The van der Waals surface area contributed by atoms with Gasteiger partial charge < -0.3 is 9.80 Å². The number of halogens is 1. The average molecular weight is 369 g/mol. The van der Waals surface area contributed by atoms with Gasteiger partial charge in [0.05, 0.1) is 6.04 Å². The molecule has 0 bridgehead atoms. The van der Waals surface area contributed by atoms with Gasteiger partial charge in [0.2, 0.25) is 5.91 Å². The molecule has 1 aliphatic heterocycles. The normalized spacial score (nSPS) is 17.9. The Morgan fingerprint density at radius 3 is 2.48 bits per heavy atom. The minimum atomic E-state index is -0.296. The van der Waals surface area contributed by atoms with Crippen LogP contribution in [0.3, 0.4) is 0 Å². The van der Waals surface area contributed by atoms with Gasteiger partial charge in [0.1, 0.15) is 5.82 Å². The Morgan fingerprint density at radius 2 is 1.85 bits per heavy atom. The standard InChI is InChI=1S/C21H24FN3O2/c1-15(2)19-14-24(21(27)17-7-10-23-11-8-17)12-9-20(26)25(19)13-16-3-5-18(22)6-4-16/h3-8,10-11,15,19H,9,12-14H2,1-2H3/t19-/m0/s1. The summed E-state index contributed by atoms with van der Waals surface area (Å²) in [5, 5.41) is 0. The van der Waals surface area contributed by atoms with Crippen LogP contribution in [-0.4, -0.2) is 45.7 Å². The summed E-state index contributed by atoms with van der Waals surface area (Å²) in [4.78, 5) is 33.2. The van der Waals surface area contributed by atoms with Crippen molar-refractivity contribution in [2.45, 2.75) is 32.9 Å². The molecule has 1 aromatic heterocycles. The predicted molar refractivity (Wildman–Crippen MR) is 100 cm³/mol. The van der Waals surface area contributed by atoms with Crippen molar-refractivity contribution in [1.29, 1.82) is 0 Å². The van der Waals surface area contributed by atoms with E-state index < -0.39 is 0 Å². The topological polar surface area (TPSA) is 53.5 Å². The van der Waals surface area contributed by atoms with Crippen molar-refractivity contribution in [2.75, 3.05) is 13.1 Å². The largest absolute Gasteiger partial charge is 0.336 e. The van der Waals surface area contributed by atoms with E-state index in [2.05, 4.69) is 18.8 Å². The van der Waals surface area contributed by atoms with Gasteiger partial charge >= 0.3 is 0 Å². The van der Waals surface area contributed by atoms with E-state index in [0.717, 1.165) is 5.56 Å². The third-order valence-electron chi connectivity index (χ3n) is 4.97. The molecule has 1 aromatic carbocycles. The van der Waals surface area contributed by atoms with Gasteiger partial charge in [0.15, 0.2) is 0 Å². The molecule has 142 valence electrons. The summed E-state index contributed by atoms with van der Waals surface area (Å²) >= 11 is 0. The van der Waals surface area contributed by atoms with Gasteiger partial charge in [-0.3, -0.25) is 14.6 Å². The highest BCUT2D eigenvalue weighted by atomic mass is 19.1. The van der Waals surface area contributed by atoms with Gasteiger partial charge in [-0.05, 0) is 35.7 Å². The van der Waals surface area contributed by atoms with E-state index in [1.54, 1.807) is 41.6 Å². The van der Waals surface area contributed by atoms with Crippen LogP contribution in [0.5, 0.6) is 0 Å². The van der Waals surface area contributed by atoms with Gasteiger partial charge in [-0.2, -0.15) is 0 Å². The highest BCUT2D eigenvalue weighted by Crippen LogP contribution is 2.22. The Morgan fingerprint density at radius 1 is 1.19 bits per heavy atom. The number of rotatable bonds is 4. The fraction of sp³-hybridized carbons (Fsp3) is 0.381. The molecule has 5 nitrogen and oxygen atoms in total. The lowest BCUT2D eigenvalue weighted by Crippen LogP contribution is -2.47. The van der Waals surface area contributed by atoms with Crippen LogP contribution in [0, 0.1) is 11.7 Å². The molecule has 1 aliphatic rings. The molecular formula is C21H24FN3O2. The van der Waals surface area contributed by atoms with E-state index in [1.807, 2.05) is 4.90 Å². The average Bonchev–Trinajstić information content (AvgIpc) is 2.83.